The number of amides is 3. The molecule has 1 aliphatic heterocycles. The molecule has 1 heterocycles. The SMILES string of the molecule is Cc1ccccc1C1(O)C(=O)N(c2ccccc2)C(=O)N1c1ccccc1. The third kappa shape index (κ3) is 2.52. The standard InChI is InChI=1S/C22H18N2O3/c1-16-10-8-9-15-19(16)22(27)20(25)23(17-11-4-2-5-12-17)21(26)24(22)18-13-6-3-7-14-18/h2-15,27H,1H3. The van der Waals surface area contributed by atoms with E-state index in [0.717, 1.165) is 15.4 Å². The quantitative estimate of drug-likeness (QED) is 0.724. The van der Waals surface area contributed by atoms with Gasteiger partial charge in [-0.15, -0.1) is 0 Å². The zero-order chi connectivity index (χ0) is 19.0. The minimum absolute atomic E-state index is 0.380. The second-order valence-electron chi connectivity index (χ2n) is 6.42. The number of aryl methyl sites for hydroxylation is 1. The fraction of sp³-hybridized carbons (Fsp3) is 0.0909. The van der Waals surface area contributed by atoms with Crippen molar-refractivity contribution in [2.75, 3.05) is 9.80 Å². The smallest absolute Gasteiger partial charge is 0.339 e. The highest BCUT2D eigenvalue weighted by atomic mass is 16.3. The fourth-order valence-electron chi connectivity index (χ4n) is 3.46. The van der Waals surface area contributed by atoms with E-state index in [2.05, 4.69) is 0 Å². The Labute approximate surface area is 157 Å². The van der Waals surface area contributed by atoms with Gasteiger partial charge in [0, 0.05) is 11.3 Å². The zero-order valence-electron chi connectivity index (χ0n) is 14.7. The molecule has 5 nitrogen and oxygen atoms in total. The predicted octanol–water partition coefficient (Wildman–Crippen LogP) is 3.81. The van der Waals surface area contributed by atoms with Gasteiger partial charge in [0.25, 0.3) is 11.6 Å². The highest BCUT2D eigenvalue weighted by molar-refractivity contribution is 6.29. The number of hydrogen-bond acceptors (Lipinski definition) is 3. The minimum atomic E-state index is -2.13. The van der Waals surface area contributed by atoms with Crippen molar-refractivity contribution in [2.24, 2.45) is 0 Å². The summed E-state index contributed by atoms with van der Waals surface area (Å²) in [5, 5.41) is 11.6. The van der Waals surface area contributed by atoms with Gasteiger partial charge in [-0.1, -0.05) is 60.7 Å². The van der Waals surface area contributed by atoms with E-state index in [0.29, 0.717) is 16.9 Å². The third-order valence-electron chi connectivity index (χ3n) is 4.76. The fourth-order valence-corrected chi connectivity index (χ4v) is 3.46. The number of carbonyl (C=O) groups is 2. The van der Waals surface area contributed by atoms with Crippen LogP contribution in [0.1, 0.15) is 11.1 Å². The number of rotatable bonds is 3. The number of imide groups is 1. The van der Waals surface area contributed by atoms with Crippen molar-refractivity contribution in [3.05, 3.63) is 96.1 Å². The maximum atomic E-state index is 13.4. The molecule has 1 N–H and O–H groups in total. The first-order chi connectivity index (χ1) is 13.0. The molecule has 3 aromatic carbocycles. The maximum Gasteiger partial charge on any atom is 0.339 e. The summed E-state index contributed by atoms with van der Waals surface area (Å²) < 4.78 is 0. The molecule has 1 saturated heterocycles. The number of nitrogens with zero attached hydrogens (tertiary/aromatic N) is 2. The Morgan fingerprint density at radius 1 is 0.741 bits per heavy atom. The summed E-state index contributed by atoms with van der Waals surface area (Å²) >= 11 is 0. The highest BCUT2D eigenvalue weighted by Crippen LogP contribution is 2.41. The maximum absolute atomic E-state index is 13.4. The van der Waals surface area contributed by atoms with Gasteiger partial charge < -0.3 is 5.11 Å². The van der Waals surface area contributed by atoms with Crippen LogP contribution in [0.25, 0.3) is 0 Å². The number of para-hydroxylation sites is 2. The van der Waals surface area contributed by atoms with Crippen LogP contribution < -0.4 is 9.80 Å². The summed E-state index contributed by atoms with van der Waals surface area (Å²) in [7, 11) is 0. The molecule has 1 aliphatic rings. The van der Waals surface area contributed by atoms with Crippen LogP contribution in [0.2, 0.25) is 0 Å². The Hall–Kier alpha value is -3.44. The number of benzene rings is 3. The Balaban J connectivity index is 1.95. The van der Waals surface area contributed by atoms with Crippen LogP contribution >= 0.6 is 0 Å². The van der Waals surface area contributed by atoms with E-state index in [9.17, 15) is 14.7 Å². The van der Waals surface area contributed by atoms with Crippen molar-refractivity contribution >= 4 is 23.3 Å². The molecule has 27 heavy (non-hydrogen) atoms. The van der Waals surface area contributed by atoms with Gasteiger partial charge in [-0.25, -0.2) is 9.69 Å². The molecule has 0 saturated carbocycles. The first kappa shape index (κ1) is 17.0. The van der Waals surface area contributed by atoms with Gasteiger partial charge in [0.05, 0.1) is 5.69 Å². The molecule has 3 amide bonds. The number of urea groups is 1. The number of anilines is 2. The topological polar surface area (TPSA) is 60.9 Å². The molecule has 5 heteroatoms. The second kappa shape index (κ2) is 6.37. The molecule has 0 bridgehead atoms. The van der Waals surface area contributed by atoms with Crippen molar-refractivity contribution in [2.45, 2.75) is 12.6 Å². The highest BCUT2D eigenvalue weighted by Gasteiger charge is 2.59. The molecule has 134 valence electrons. The monoisotopic (exact) mass is 358 g/mol. The van der Waals surface area contributed by atoms with E-state index in [4.69, 9.17) is 0 Å². The van der Waals surface area contributed by atoms with Crippen LogP contribution in [0.15, 0.2) is 84.9 Å². The van der Waals surface area contributed by atoms with Crippen molar-refractivity contribution in [3.8, 4) is 0 Å². The van der Waals surface area contributed by atoms with Crippen LogP contribution in [0.3, 0.4) is 0 Å². The van der Waals surface area contributed by atoms with E-state index in [1.807, 2.05) is 12.1 Å². The zero-order valence-corrected chi connectivity index (χ0v) is 14.7. The third-order valence-corrected chi connectivity index (χ3v) is 4.76. The van der Waals surface area contributed by atoms with Crippen molar-refractivity contribution < 1.29 is 14.7 Å². The van der Waals surface area contributed by atoms with Gasteiger partial charge in [-0.2, -0.15) is 0 Å². The Kier molecular flexibility index (Phi) is 4.01. The summed E-state index contributed by atoms with van der Waals surface area (Å²) in [6.07, 6.45) is 0. The number of carbonyl (C=O) groups excluding carboxylic acids is 2. The first-order valence-electron chi connectivity index (χ1n) is 8.62. The summed E-state index contributed by atoms with van der Waals surface area (Å²) in [5.74, 6) is -0.697. The first-order valence-corrected chi connectivity index (χ1v) is 8.62. The van der Waals surface area contributed by atoms with Crippen LogP contribution in [0, 0.1) is 6.92 Å². The predicted molar refractivity (Wildman–Crippen MR) is 103 cm³/mol. The van der Waals surface area contributed by atoms with Crippen LogP contribution in [0.4, 0.5) is 16.2 Å². The van der Waals surface area contributed by atoms with E-state index in [1.165, 1.54) is 0 Å². The lowest BCUT2D eigenvalue weighted by molar-refractivity contribution is -0.133. The van der Waals surface area contributed by atoms with Crippen molar-refractivity contribution in [3.63, 3.8) is 0 Å². The van der Waals surface area contributed by atoms with Gasteiger partial charge in [0.2, 0.25) is 0 Å². The molecule has 1 fully saturated rings. The summed E-state index contributed by atoms with van der Waals surface area (Å²) in [5.41, 5.74) is -0.166. The van der Waals surface area contributed by atoms with Crippen LogP contribution in [-0.4, -0.2) is 17.0 Å². The normalized spacial score (nSPS) is 19.6. The summed E-state index contributed by atoms with van der Waals surface area (Å²) in [6.45, 7) is 1.80. The molecular weight excluding hydrogens is 340 g/mol. The lowest BCUT2D eigenvalue weighted by atomic mass is 9.96. The molecule has 0 aromatic heterocycles. The summed E-state index contributed by atoms with van der Waals surface area (Å²) in [4.78, 5) is 28.9. The molecule has 4 rings (SSSR count). The molecule has 0 spiro atoms. The van der Waals surface area contributed by atoms with Crippen LogP contribution in [0.5, 0.6) is 0 Å². The largest absolute Gasteiger partial charge is 0.359 e. The molecule has 0 radical (unpaired) electrons. The Bertz CT molecular complexity index is 1000. The van der Waals surface area contributed by atoms with E-state index in [1.54, 1.807) is 79.7 Å². The lowest BCUT2D eigenvalue weighted by Crippen LogP contribution is -2.47. The lowest BCUT2D eigenvalue weighted by Gasteiger charge is -2.31. The van der Waals surface area contributed by atoms with Gasteiger partial charge in [-0.05, 0) is 36.8 Å². The Morgan fingerprint density at radius 3 is 1.85 bits per heavy atom. The van der Waals surface area contributed by atoms with Crippen molar-refractivity contribution in [1.82, 2.24) is 0 Å². The molecular formula is C22H18N2O3. The Morgan fingerprint density at radius 2 is 1.26 bits per heavy atom. The average molecular weight is 358 g/mol. The second-order valence-corrected chi connectivity index (χ2v) is 6.42. The minimum Gasteiger partial charge on any atom is -0.359 e. The van der Waals surface area contributed by atoms with Gasteiger partial charge in [0.15, 0.2) is 0 Å². The molecule has 1 atom stereocenters. The van der Waals surface area contributed by atoms with Crippen LogP contribution in [-0.2, 0) is 10.5 Å². The van der Waals surface area contributed by atoms with E-state index in [-0.39, 0.29) is 0 Å². The van der Waals surface area contributed by atoms with Gasteiger partial charge in [-0.3, -0.25) is 9.69 Å². The molecule has 3 aromatic rings. The molecule has 1 unspecified atom stereocenters. The van der Waals surface area contributed by atoms with E-state index >= 15 is 0 Å². The van der Waals surface area contributed by atoms with Gasteiger partial charge >= 0.3 is 6.03 Å². The number of hydrogen-bond donors (Lipinski definition) is 1. The average Bonchev–Trinajstić information content (AvgIpc) is 2.90. The summed E-state index contributed by atoms with van der Waals surface area (Å²) in [6, 6.07) is 23.8. The van der Waals surface area contributed by atoms with Crippen molar-refractivity contribution in [1.29, 1.82) is 0 Å². The van der Waals surface area contributed by atoms with E-state index < -0.39 is 17.7 Å². The number of aliphatic hydroxyl groups is 1. The van der Waals surface area contributed by atoms with Gasteiger partial charge in [0.1, 0.15) is 0 Å². The molecule has 0 aliphatic carbocycles.